The molecule has 0 saturated carbocycles. The highest BCUT2D eigenvalue weighted by Crippen LogP contribution is 2.22. The van der Waals surface area contributed by atoms with Gasteiger partial charge in [-0.25, -0.2) is 0 Å². The van der Waals surface area contributed by atoms with Gasteiger partial charge < -0.3 is 30.4 Å². The molecule has 1 fully saturated rings. The minimum absolute atomic E-state index is 0.133. The van der Waals surface area contributed by atoms with Crippen LogP contribution in [0, 0.1) is 12.3 Å². The highest BCUT2D eigenvalue weighted by molar-refractivity contribution is 5.83. The third-order valence-electron chi connectivity index (χ3n) is 4.17. The van der Waals surface area contributed by atoms with Gasteiger partial charge in [0.2, 0.25) is 0 Å². The molecule has 2 aromatic rings. The van der Waals surface area contributed by atoms with Crippen LogP contribution in [0.5, 0.6) is 0 Å². The van der Waals surface area contributed by atoms with E-state index in [2.05, 4.69) is 16.2 Å². The first kappa shape index (κ1) is 16.5. The Hall–Kier alpha value is -2.37. The average molecular weight is 330 g/mol. The van der Waals surface area contributed by atoms with Gasteiger partial charge in [0.1, 0.15) is 18.3 Å². The molecular formula is C17H18N2O5. The third-order valence-corrected chi connectivity index (χ3v) is 4.17. The van der Waals surface area contributed by atoms with Crippen molar-refractivity contribution in [2.75, 3.05) is 18.5 Å². The molecule has 1 aromatic heterocycles. The van der Waals surface area contributed by atoms with Crippen LogP contribution in [0.15, 0.2) is 29.1 Å². The fraction of sp³-hybridized carbons (Fsp3) is 0.353. The van der Waals surface area contributed by atoms with Gasteiger partial charge in [-0.3, -0.25) is 4.79 Å². The summed E-state index contributed by atoms with van der Waals surface area (Å²) in [5.74, 6) is 2.33. The van der Waals surface area contributed by atoms with E-state index in [9.17, 15) is 15.0 Å². The van der Waals surface area contributed by atoms with Crippen LogP contribution in [0.2, 0.25) is 0 Å². The summed E-state index contributed by atoms with van der Waals surface area (Å²) in [5, 5.41) is 33.0. The largest absolute Gasteiger partial charge is 0.394 e. The number of fused-ring (bicyclic) bond motifs is 1. The summed E-state index contributed by atoms with van der Waals surface area (Å²) in [7, 11) is 0. The van der Waals surface area contributed by atoms with Crippen molar-refractivity contribution in [2.24, 2.45) is 0 Å². The quantitative estimate of drug-likeness (QED) is 0.480. The first-order valence-electron chi connectivity index (χ1n) is 7.52. The van der Waals surface area contributed by atoms with Gasteiger partial charge in [-0.15, -0.1) is 6.42 Å². The predicted octanol–water partition coefficient (Wildman–Crippen LogP) is -0.597. The van der Waals surface area contributed by atoms with Crippen LogP contribution in [-0.4, -0.2) is 57.9 Å². The van der Waals surface area contributed by atoms with E-state index in [0.717, 1.165) is 5.39 Å². The second-order valence-corrected chi connectivity index (χ2v) is 5.74. The second kappa shape index (κ2) is 6.63. The number of terminal acetylenes is 1. The van der Waals surface area contributed by atoms with Crippen LogP contribution in [0.3, 0.4) is 0 Å². The Morgan fingerprint density at radius 2 is 2.12 bits per heavy atom. The van der Waals surface area contributed by atoms with Crippen molar-refractivity contribution in [3.63, 3.8) is 0 Å². The SMILES string of the molecule is C#Cc1cc2ccc(NC3COC(CO)[C@@H](O)C3O)cc2[nH]c1=O. The Morgan fingerprint density at radius 1 is 1.33 bits per heavy atom. The van der Waals surface area contributed by atoms with E-state index in [1.165, 1.54) is 0 Å². The number of hydrogen-bond acceptors (Lipinski definition) is 6. The zero-order chi connectivity index (χ0) is 17.3. The maximum absolute atomic E-state index is 11.8. The number of ether oxygens (including phenoxy) is 1. The molecule has 5 N–H and O–H groups in total. The average Bonchev–Trinajstić information content (AvgIpc) is 2.58. The monoisotopic (exact) mass is 330 g/mol. The number of aromatic nitrogens is 1. The molecule has 7 nitrogen and oxygen atoms in total. The lowest BCUT2D eigenvalue weighted by Crippen LogP contribution is -2.56. The van der Waals surface area contributed by atoms with Crippen molar-refractivity contribution < 1.29 is 20.1 Å². The smallest absolute Gasteiger partial charge is 0.264 e. The minimum atomic E-state index is -1.18. The van der Waals surface area contributed by atoms with Crippen molar-refractivity contribution in [1.82, 2.24) is 4.98 Å². The van der Waals surface area contributed by atoms with E-state index in [-0.39, 0.29) is 24.3 Å². The number of rotatable bonds is 3. The molecule has 2 heterocycles. The van der Waals surface area contributed by atoms with Gasteiger partial charge in [0, 0.05) is 5.69 Å². The molecule has 1 saturated heterocycles. The first-order chi connectivity index (χ1) is 11.5. The van der Waals surface area contributed by atoms with Gasteiger partial charge in [-0.2, -0.15) is 0 Å². The summed E-state index contributed by atoms with van der Waals surface area (Å²) < 4.78 is 5.33. The summed E-state index contributed by atoms with van der Waals surface area (Å²) in [6.07, 6.45) is 2.21. The Bertz CT molecular complexity index is 841. The van der Waals surface area contributed by atoms with E-state index in [1.54, 1.807) is 24.3 Å². The summed E-state index contributed by atoms with van der Waals surface area (Å²) >= 11 is 0. The first-order valence-corrected chi connectivity index (χ1v) is 7.52. The Kier molecular flexibility index (Phi) is 4.55. The zero-order valence-corrected chi connectivity index (χ0v) is 12.8. The van der Waals surface area contributed by atoms with Crippen LogP contribution < -0.4 is 10.9 Å². The van der Waals surface area contributed by atoms with E-state index >= 15 is 0 Å². The van der Waals surface area contributed by atoms with Crippen LogP contribution >= 0.6 is 0 Å². The number of aromatic amines is 1. The number of hydrogen-bond donors (Lipinski definition) is 5. The number of H-pyrrole nitrogens is 1. The maximum Gasteiger partial charge on any atom is 0.264 e. The number of anilines is 1. The molecular weight excluding hydrogens is 312 g/mol. The predicted molar refractivity (Wildman–Crippen MR) is 88.8 cm³/mol. The van der Waals surface area contributed by atoms with Crippen molar-refractivity contribution in [3.8, 4) is 12.3 Å². The Labute approximate surface area is 137 Å². The van der Waals surface area contributed by atoms with Crippen molar-refractivity contribution in [1.29, 1.82) is 0 Å². The number of aliphatic hydroxyl groups excluding tert-OH is 3. The van der Waals surface area contributed by atoms with Gasteiger partial charge in [0.15, 0.2) is 0 Å². The van der Waals surface area contributed by atoms with E-state index < -0.39 is 24.4 Å². The fourth-order valence-electron chi connectivity index (χ4n) is 2.78. The van der Waals surface area contributed by atoms with Gasteiger partial charge in [-0.05, 0) is 23.6 Å². The molecule has 0 bridgehead atoms. The second-order valence-electron chi connectivity index (χ2n) is 5.74. The van der Waals surface area contributed by atoms with Crippen molar-refractivity contribution in [2.45, 2.75) is 24.4 Å². The van der Waals surface area contributed by atoms with E-state index in [1.807, 2.05) is 0 Å². The lowest BCUT2D eigenvalue weighted by atomic mass is 9.98. The number of benzene rings is 1. The normalized spacial score (nSPS) is 26.9. The molecule has 3 rings (SSSR count). The molecule has 0 spiro atoms. The highest BCUT2D eigenvalue weighted by Gasteiger charge is 2.37. The molecule has 0 aliphatic carbocycles. The molecule has 0 amide bonds. The molecule has 0 radical (unpaired) electrons. The highest BCUT2D eigenvalue weighted by atomic mass is 16.5. The van der Waals surface area contributed by atoms with E-state index in [4.69, 9.17) is 16.3 Å². The molecule has 1 aliphatic rings. The lowest BCUT2D eigenvalue weighted by molar-refractivity contribution is -0.152. The number of pyridine rings is 1. The minimum Gasteiger partial charge on any atom is -0.394 e. The molecule has 3 unspecified atom stereocenters. The van der Waals surface area contributed by atoms with Gasteiger partial charge >= 0.3 is 0 Å². The van der Waals surface area contributed by atoms with Crippen molar-refractivity contribution in [3.05, 3.63) is 40.2 Å². The van der Waals surface area contributed by atoms with Gasteiger partial charge in [-0.1, -0.05) is 12.0 Å². The molecule has 1 aliphatic heterocycles. The summed E-state index contributed by atoms with van der Waals surface area (Å²) in [5.41, 5.74) is 1.17. The summed E-state index contributed by atoms with van der Waals surface area (Å²) in [6.45, 7) is -0.228. The van der Waals surface area contributed by atoms with Gasteiger partial charge in [0.25, 0.3) is 5.56 Å². The fourth-order valence-corrected chi connectivity index (χ4v) is 2.78. The van der Waals surface area contributed by atoms with Crippen molar-refractivity contribution >= 4 is 16.6 Å². The zero-order valence-electron chi connectivity index (χ0n) is 12.8. The topological polar surface area (TPSA) is 115 Å². The third kappa shape index (κ3) is 3.00. The molecule has 24 heavy (non-hydrogen) atoms. The Balaban J connectivity index is 1.83. The summed E-state index contributed by atoms with van der Waals surface area (Å²) in [6, 6.07) is 6.37. The number of nitrogens with one attached hydrogen (secondary N) is 2. The molecule has 4 atom stereocenters. The molecule has 1 aromatic carbocycles. The van der Waals surface area contributed by atoms with Crippen LogP contribution in [0.25, 0.3) is 10.9 Å². The van der Waals surface area contributed by atoms with Crippen LogP contribution in [0.1, 0.15) is 5.56 Å². The molecule has 126 valence electrons. The van der Waals surface area contributed by atoms with Crippen LogP contribution in [0.4, 0.5) is 5.69 Å². The molecule has 7 heteroatoms. The van der Waals surface area contributed by atoms with Crippen LogP contribution in [-0.2, 0) is 4.74 Å². The summed E-state index contributed by atoms with van der Waals surface area (Å²) in [4.78, 5) is 14.5. The maximum atomic E-state index is 11.8. The number of aliphatic hydroxyl groups is 3. The Morgan fingerprint density at radius 3 is 2.83 bits per heavy atom. The standard InChI is InChI=1S/C17H18N2O5/c1-2-9-5-10-3-4-11(6-12(10)19-17(9)23)18-13-8-24-14(7-20)16(22)15(13)21/h1,3-6,13-16,18,20-22H,7-8H2,(H,19,23)/t13?,14?,15?,16-/m1/s1. The lowest BCUT2D eigenvalue weighted by Gasteiger charge is -2.37. The van der Waals surface area contributed by atoms with E-state index in [0.29, 0.717) is 11.2 Å². The van der Waals surface area contributed by atoms with Gasteiger partial charge in [0.05, 0.1) is 30.3 Å².